The lowest BCUT2D eigenvalue weighted by Gasteiger charge is -2.08. The average Bonchev–Trinajstić information content (AvgIpc) is 2.65. The van der Waals surface area contributed by atoms with Crippen molar-refractivity contribution in [3.8, 4) is 0 Å². The van der Waals surface area contributed by atoms with E-state index in [4.69, 9.17) is 0 Å². The molecular weight excluding hydrogens is 186 g/mol. The summed E-state index contributed by atoms with van der Waals surface area (Å²) in [6.45, 7) is 2.48. The zero-order valence-corrected chi connectivity index (χ0v) is 8.17. The lowest BCUT2D eigenvalue weighted by atomic mass is 10.2. The number of aliphatic hydroxyl groups is 1. The van der Waals surface area contributed by atoms with Gasteiger partial charge in [0.15, 0.2) is 5.82 Å². The van der Waals surface area contributed by atoms with Gasteiger partial charge in [-0.1, -0.05) is 0 Å². The molecule has 0 fully saturated rings. The Bertz CT molecular complexity index is 311. The van der Waals surface area contributed by atoms with Crippen LogP contribution in [-0.4, -0.2) is 33.0 Å². The molecule has 0 radical (unpaired) electrons. The van der Waals surface area contributed by atoms with Gasteiger partial charge in [-0.3, -0.25) is 4.79 Å². The van der Waals surface area contributed by atoms with Crippen LogP contribution < -0.4 is 0 Å². The molecule has 0 unspecified atom stereocenters. The van der Waals surface area contributed by atoms with E-state index in [1.807, 2.05) is 6.92 Å². The third kappa shape index (κ3) is 2.29. The van der Waals surface area contributed by atoms with Crippen molar-refractivity contribution in [3.63, 3.8) is 0 Å². The number of ether oxygens (including phenoxy) is 1. The minimum Gasteiger partial charge on any atom is -0.469 e. The Hall–Kier alpha value is -1.43. The van der Waals surface area contributed by atoms with Crippen LogP contribution in [-0.2, 0) is 16.1 Å². The summed E-state index contributed by atoms with van der Waals surface area (Å²) in [5.41, 5.74) is 0. The van der Waals surface area contributed by atoms with Gasteiger partial charge in [0.25, 0.3) is 0 Å². The Morgan fingerprint density at radius 2 is 2.50 bits per heavy atom. The zero-order chi connectivity index (χ0) is 10.6. The summed E-state index contributed by atoms with van der Waals surface area (Å²) >= 11 is 0. The molecule has 0 saturated heterocycles. The van der Waals surface area contributed by atoms with Gasteiger partial charge in [0, 0.05) is 6.54 Å². The first-order chi connectivity index (χ1) is 6.69. The summed E-state index contributed by atoms with van der Waals surface area (Å²) in [6.07, 6.45) is 0.291. The Kier molecular flexibility index (Phi) is 3.58. The van der Waals surface area contributed by atoms with Crippen LogP contribution in [0.5, 0.6) is 0 Å². The first-order valence-corrected chi connectivity index (χ1v) is 4.31. The second-order valence-electron chi connectivity index (χ2n) is 2.73. The van der Waals surface area contributed by atoms with Crippen LogP contribution in [0, 0.1) is 0 Å². The number of rotatable bonds is 4. The maximum absolute atomic E-state index is 10.9. The number of esters is 1. The van der Waals surface area contributed by atoms with Gasteiger partial charge in [-0.25, -0.2) is 9.67 Å². The minimum absolute atomic E-state index is 0.102. The first-order valence-electron chi connectivity index (χ1n) is 4.31. The molecule has 0 bridgehead atoms. The highest BCUT2D eigenvalue weighted by Gasteiger charge is 2.18. The highest BCUT2D eigenvalue weighted by molar-refractivity contribution is 5.69. The molecule has 0 aliphatic heterocycles. The van der Waals surface area contributed by atoms with E-state index in [2.05, 4.69) is 14.8 Å². The number of aryl methyl sites for hydroxylation is 1. The molecule has 0 aliphatic rings. The number of carbonyl (C=O) groups excluding carboxylic acids is 1. The number of hydrogen-bond donors (Lipinski definition) is 1. The molecule has 1 heterocycles. The maximum Gasteiger partial charge on any atom is 0.308 e. The molecule has 1 atom stereocenters. The summed E-state index contributed by atoms with van der Waals surface area (Å²) in [5.74, 6) is -0.0824. The summed E-state index contributed by atoms with van der Waals surface area (Å²) < 4.78 is 5.97. The Labute approximate surface area is 81.5 Å². The van der Waals surface area contributed by atoms with Crippen molar-refractivity contribution in [2.75, 3.05) is 7.11 Å². The molecule has 78 valence electrons. The molecule has 1 N–H and O–H groups in total. The predicted molar refractivity (Wildman–Crippen MR) is 47.3 cm³/mol. The van der Waals surface area contributed by atoms with Gasteiger partial charge < -0.3 is 9.84 Å². The van der Waals surface area contributed by atoms with E-state index in [1.165, 1.54) is 18.1 Å². The lowest BCUT2D eigenvalue weighted by Crippen LogP contribution is -2.13. The van der Waals surface area contributed by atoms with Crippen LogP contribution in [0.2, 0.25) is 0 Å². The third-order valence-corrected chi connectivity index (χ3v) is 1.83. The molecular formula is C8H13N3O3. The van der Waals surface area contributed by atoms with Gasteiger partial charge >= 0.3 is 5.97 Å². The van der Waals surface area contributed by atoms with Crippen molar-refractivity contribution in [1.29, 1.82) is 0 Å². The predicted octanol–water partition coefficient (Wildman–Crippen LogP) is -0.106. The quantitative estimate of drug-likeness (QED) is 0.685. The zero-order valence-electron chi connectivity index (χ0n) is 8.17. The van der Waals surface area contributed by atoms with E-state index in [9.17, 15) is 9.90 Å². The minimum atomic E-state index is -0.954. The van der Waals surface area contributed by atoms with E-state index >= 15 is 0 Å². The molecule has 6 heteroatoms. The fraction of sp³-hybridized carbons (Fsp3) is 0.625. The molecule has 0 saturated carbocycles. The molecule has 14 heavy (non-hydrogen) atoms. The van der Waals surface area contributed by atoms with Crippen molar-refractivity contribution in [2.24, 2.45) is 0 Å². The largest absolute Gasteiger partial charge is 0.469 e. The second kappa shape index (κ2) is 4.71. The number of hydrogen-bond acceptors (Lipinski definition) is 5. The van der Waals surface area contributed by atoms with Crippen LogP contribution in [0.25, 0.3) is 0 Å². The first kappa shape index (κ1) is 10.6. The van der Waals surface area contributed by atoms with Crippen LogP contribution in [0.3, 0.4) is 0 Å². The molecule has 0 amide bonds. The number of aliphatic hydroxyl groups excluding tert-OH is 1. The number of carbonyl (C=O) groups is 1. The van der Waals surface area contributed by atoms with E-state index < -0.39 is 12.1 Å². The third-order valence-electron chi connectivity index (χ3n) is 1.83. The number of nitrogens with zero attached hydrogens (tertiary/aromatic N) is 3. The van der Waals surface area contributed by atoms with Crippen molar-refractivity contribution in [1.82, 2.24) is 14.8 Å². The van der Waals surface area contributed by atoms with Gasteiger partial charge in [-0.05, 0) is 6.92 Å². The summed E-state index contributed by atoms with van der Waals surface area (Å²) in [4.78, 5) is 14.7. The molecule has 1 aromatic rings. The van der Waals surface area contributed by atoms with Crippen molar-refractivity contribution >= 4 is 5.97 Å². The van der Waals surface area contributed by atoms with E-state index in [1.54, 1.807) is 0 Å². The van der Waals surface area contributed by atoms with E-state index in [0.717, 1.165) is 0 Å². The highest BCUT2D eigenvalue weighted by atomic mass is 16.5. The second-order valence-corrected chi connectivity index (χ2v) is 2.73. The molecule has 1 aromatic heterocycles. The van der Waals surface area contributed by atoms with Crippen LogP contribution in [0.1, 0.15) is 25.3 Å². The standard InChI is InChI=1S/C8H13N3O3/c1-3-11-8(9-5-10-11)6(12)4-7(13)14-2/h5-6,12H,3-4H2,1-2H3/t6-/m1/s1. The molecule has 0 aromatic carbocycles. The molecule has 6 nitrogen and oxygen atoms in total. The average molecular weight is 199 g/mol. The van der Waals surface area contributed by atoms with Gasteiger partial charge in [0.05, 0.1) is 13.5 Å². The van der Waals surface area contributed by atoms with E-state index in [-0.39, 0.29) is 6.42 Å². The molecule has 0 spiro atoms. The topological polar surface area (TPSA) is 77.2 Å². The van der Waals surface area contributed by atoms with E-state index in [0.29, 0.717) is 12.4 Å². The SMILES string of the molecule is CCn1ncnc1[C@H](O)CC(=O)OC. The highest BCUT2D eigenvalue weighted by Crippen LogP contribution is 2.13. The fourth-order valence-corrected chi connectivity index (χ4v) is 1.11. The summed E-state index contributed by atoms with van der Waals surface area (Å²) in [7, 11) is 1.28. The maximum atomic E-state index is 10.9. The van der Waals surface area contributed by atoms with Crippen LogP contribution in [0.4, 0.5) is 0 Å². The summed E-state index contributed by atoms with van der Waals surface area (Å²) in [5, 5.41) is 13.5. The smallest absolute Gasteiger partial charge is 0.308 e. The van der Waals surface area contributed by atoms with Crippen LogP contribution in [0.15, 0.2) is 6.33 Å². The molecule has 1 rings (SSSR count). The van der Waals surface area contributed by atoms with Crippen molar-refractivity contribution < 1.29 is 14.6 Å². The van der Waals surface area contributed by atoms with Gasteiger partial charge in [-0.2, -0.15) is 5.10 Å². The molecule has 0 aliphatic carbocycles. The summed E-state index contributed by atoms with van der Waals surface area (Å²) in [6, 6.07) is 0. The lowest BCUT2D eigenvalue weighted by molar-refractivity contribution is -0.143. The van der Waals surface area contributed by atoms with Gasteiger partial charge in [-0.15, -0.1) is 0 Å². The monoisotopic (exact) mass is 199 g/mol. The van der Waals surface area contributed by atoms with Crippen molar-refractivity contribution in [3.05, 3.63) is 12.2 Å². The Morgan fingerprint density at radius 1 is 1.79 bits per heavy atom. The van der Waals surface area contributed by atoms with Gasteiger partial charge in [0.1, 0.15) is 12.4 Å². The van der Waals surface area contributed by atoms with Crippen molar-refractivity contribution in [2.45, 2.75) is 26.0 Å². The normalized spacial score (nSPS) is 12.5. The Morgan fingerprint density at radius 3 is 3.07 bits per heavy atom. The van der Waals surface area contributed by atoms with Crippen LogP contribution >= 0.6 is 0 Å². The Balaban J connectivity index is 2.68. The number of aromatic nitrogens is 3. The fourth-order valence-electron chi connectivity index (χ4n) is 1.11. The number of methoxy groups -OCH3 is 1. The van der Waals surface area contributed by atoms with Gasteiger partial charge in [0.2, 0.25) is 0 Å².